The van der Waals surface area contributed by atoms with Crippen LogP contribution in [0.25, 0.3) is 0 Å². The van der Waals surface area contributed by atoms with Crippen LogP contribution in [0.5, 0.6) is 0 Å². The standard InChI is InChI=1S/C10H19N5S/c1-9-13-14-10(16-9)12-3-2-6-15-7-4-11-5-8-15/h11H,2-8H2,1H3,(H,12,14). The van der Waals surface area contributed by atoms with E-state index in [0.717, 1.165) is 29.8 Å². The highest BCUT2D eigenvalue weighted by molar-refractivity contribution is 7.15. The van der Waals surface area contributed by atoms with Crippen molar-refractivity contribution in [1.82, 2.24) is 20.4 Å². The van der Waals surface area contributed by atoms with E-state index in [4.69, 9.17) is 0 Å². The number of aromatic nitrogens is 2. The van der Waals surface area contributed by atoms with Gasteiger partial charge in [0.15, 0.2) is 0 Å². The van der Waals surface area contributed by atoms with Gasteiger partial charge in [0.25, 0.3) is 0 Å². The van der Waals surface area contributed by atoms with Gasteiger partial charge in [0.05, 0.1) is 0 Å². The molecule has 0 unspecified atom stereocenters. The summed E-state index contributed by atoms with van der Waals surface area (Å²) < 4.78 is 0. The molecule has 6 heteroatoms. The Hall–Kier alpha value is -0.720. The summed E-state index contributed by atoms with van der Waals surface area (Å²) in [5.41, 5.74) is 0. The van der Waals surface area contributed by atoms with Crippen LogP contribution < -0.4 is 10.6 Å². The second-order valence-corrected chi connectivity index (χ2v) is 5.18. The van der Waals surface area contributed by atoms with Crippen molar-refractivity contribution in [3.8, 4) is 0 Å². The van der Waals surface area contributed by atoms with Gasteiger partial charge in [0.1, 0.15) is 5.01 Å². The Morgan fingerprint density at radius 3 is 2.88 bits per heavy atom. The minimum Gasteiger partial charge on any atom is -0.360 e. The third-order valence-electron chi connectivity index (χ3n) is 2.66. The number of piperazine rings is 1. The number of nitrogens with zero attached hydrogens (tertiary/aromatic N) is 3. The van der Waals surface area contributed by atoms with Gasteiger partial charge in [-0.25, -0.2) is 0 Å². The minimum absolute atomic E-state index is 0.942. The Kier molecular flexibility index (Phi) is 4.50. The largest absolute Gasteiger partial charge is 0.360 e. The molecule has 0 spiro atoms. The van der Waals surface area contributed by atoms with E-state index in [9.17, 15) is 0 Å². The van der Waals surface area contributed by atoms with Gasteiger partial charge in [-0.2, -0.15) is 0 Å². The van der Waals surface area contributed by atoms with Crippen LogP contribution in [0.4, 0.5) is 5.13 Å². The number of hydrogen-bond acceptors (Lipinski definition) is 6. The first kappa shape index (κ1) is 11.8. The predicted octanol–water partition coefficient (Wildman–Crippen LogP) is 0.554. The molecule has 1 saturated heterocycles. The topological polar surface area (TPSA) is 53.1 Å². The highest BCUT2D eigenvalue weighted by Gasteiger charge is 2.08. The Morgan fingerprint density at radius 1 is 1.38 bits per heavy atom. The zero-order valence-corrected chi connectivity index (χ0v) is 10.5. The van der Waals surface area contributed by atoms with Crippen molar-refractivity contribution in [3.05, 3.63) is 5.01 Å². The Bertz CT molecular complexity index is 308. The van der Waals surface area contributed by atoms with Crippen LogP contribution in [0, 0.1) is 6.92 Å². The fraction of sp³-hybridized carbons (Fsp3) is 0.800. The molecule has 0 amide bonds. The van der Waals surface area contributed by atoms with Gasteiger partial charge < -0.3 is 15.5 Å². The molecule has 0 atom stereocenters. The normalized spacial score (nSPS) is 17.6. The van der Waals surface area contributed by atoms with Crippen molar-refractivity contribution in [2.45, 2.75) is 13.3 Å². The molecule has 1 aromatic rings. The molecule has 0 bridgehead atoms. The molecule has 1 aliphatic rings. The van der Waals surface area contributed by atoms with Gasteiger partial charge in [0, 0.05) is 32.7 Å². The van der Waals surface area contributed by atoms with Crippen LogP contribution in [0.15, 0.2) is 0 Å². The quantitative estimate of drug-likeness (QED) is 0.738. The van der Waals surface area contributed by atoms with Gasteiger partial charge >= 0.3 is 0 Å². The number of hydrogen-bond donors (Lipinski definition) is 2. The lowest BCUT2D eigenvalue weighted by Crippen LogP contribution is -2.44. The van der Waals surface area contributed by atoms with Crippen molar-refractivity contribution >= 4 is 16.5 Å². The van der Waals surface area contributed by atoms with E-state index in [1.807, 2.05) is 6.92 Å². The van der Waals surface area contributed by atoms with E-state index < -0.39 is 0 Å². The maximum absolute atomic E-state index is 4.03. The number of nitrogens with one attached hydrogen (secondary N) is 2. The molecule has 90 valence electrons. The Morgan fingerprint density at radius 2 is 2.19 bits per heavy atom. The molecule has 0 aliphatic carbocycles. The van der Waals surface area contributed by atoms with E-state index in [2.05, 4.69) is 25.7 Å². The summed E-state index contributed by atoms with van der Waals surface area (Å²) in [7, 11) is 0. The van der Waals surface area contributed by atoms with E-state index in [0.29, 0.717) is 0 Å². The fourth-order valence-electron chi connectivity index (χ4n) is 1.80. The number of anilines is 1. The van der Waals surface area contributed by atoms with Gasteiger partial charge in [-0.15, -0.1) is 10.2 Å². The lowest BCUT2D eigenvalue weighted by Gasteiger charge is -2.26. The molecule has 16 heavy (non-hydrogen) atoms. The van der Waals surface area contributed by atoms with Crippen molar-refractivity contribution in [3.63, 3.8) is 0 Å². The van der Waals surface area contributed by atoms with Crippen molar-refractivity contribution < 1.29 is 0 Å². The van der Waals surface area contributed by atoms with Crippen LogP contribution in [0.3, 0.4) is 0 Å². The first-order chi connectivity index (χ1) is 7.84. The summed E-state index contributed by atoms with van der Waals surface area (Å²) in [4.78, 5) is 2.50. The molecule has 2 heterocycles. The molecular weight excluding hydrogens is 222 g/mol. The molecule has 2 N–H and O–H groups in total. The summed E-state index contributed by atoms with van der Waals surface area (Å²) in [6, 6.07) is 0. The molecule has 1 aromatic heterocycles. The van der Waals surface area contributed by atoms with Crippen LogP contribution in [0.1, 0.15) is 11.4 Å². The molecular formula is C10H19N5S. The first-order valence-electron chi connectivity index (χ1n) is 5.81. The summed E-state index contributed by atoms with van der Waals surface area (Å²) in [6.45, 7) is 8.75. The van der Waals surface area contributed by atoms with Crippen LogP contribution in [-0.2, 0) is 0 Å². The van der Waals surface area contributed by atoms with Gasteiger partial charge in [-0.05, 0) is 19.9 Å². The third kappa shape index (κ3) is 3.70. The van der Waals surface area contributed by atoms with E-state index in [-0.39, 0.29) is 0 Å². The van der Waals surface area contributed by atoms with Crippen molar-refractivity contribution in [2.24, 2.45) is 0 Å². The zero-order chi connectivity index (χ0) is 11.2. The van der Waals surface area contributed by atoms with Gasteiger partial charge in [-0.1, -0.05) is 11.3 Å². The third-order valence-corrected chi connectivity index (χ3v) is 3.46. The van der Waals surface area contributed by atoms with E-state index in [1.165, 1.54) is 26.1 Å². The van der Waals surface area contributed by atoms with Gasteiger partial charge in [0.2, 0.25) is 5.13 Å². The summed E-state index contributed by atoms with van der Waals surface area (Å²) >= 11 is 1.62. The fourth-order valence-corrected chi connectivity index (χ4v) is 2.42. The molecule has 0 saturated carbocycles. The lowest BCUT2D eigenvalue weighted by molar-refractivity contribution is 0.240. The van der Waals surface area contributed by atoms with Crippen LogP contribution >= 0.6 is 11.3 Å². The first-order valence-corrected chi connectivity index (χ1v) is 6.63. The highest BCUT2D eigenvalue weighted by Crippen LogP contribution is 2.13. The summed E-state index contributed by atoms with van der Waals surface area (Å²) in [5, 5.41) is 16.6. The van der Waals surface area contributed by atoms with E-state index in [1.54, 1.807) is 11.3 Å². The summed E-state index contributed by atoms with van der Waals surface area (Å²) in [6.07, 6.45) is 1.17. The average molecular weight is 241 g/mol. The van der Waals surface area contributed by atoms with Crippen molar-refractivity contribution in [1.29, 1.82) is 0 Å². The van der Waals surface area contributed by atoms with Crippen molar-refractivity contribution in [2.75, 3.05) is 44.6 Å². The molecule has 5 nitrogen and oxygen atoms in total. The highest BCUT2D eigenvalue weighted by atomic mass is 32.1. The molecule has 1 aliphatic heterocycles. The monoisotopic (exact) mass is 241 g/mol. The smallest absolute Gasteiger partial charge is 0.205 e. The zero-order valence-electron chi connectivity index (χ0n) is 9.70. The second-order valence-electron chi connectivity index (χ2n) is 4.00. The van der Waals surface area contributed by atoms with Gasteiger partial charge in [-0.3, -0.25) is 0 Å². The number of rotatable bonds is 5. The van der Waals surface area contributed by atoms with Crippen LogP contribution in [0.2, 0.25) is 0 Å². The maximum atomic E-state index is 4.03. The average Bonchev–Trinajstić information content (AvgIpc) is 2.72. The molecule has 2 rings (SSSR count). The molecule has 0 radical (unpaired) electrons. The summed E-state index contributed by atoms with van der Waals surface area (Å²) in [5.74, 6) is 0. The SMILES string of the molecule is Cc1nnc(NCCCN2CCNCC2)s1. The molecule has 1 fully saturated rings. The van der Waals surface area contributed by atoms with E-state index >= 15 is 0 Å². The lowest BCUT2D eigenvalue weighted by atomic mass is 10.3. The Balaban J connectivity index is 1.57. The molecule has 0 aromatic carbocycles. The minimum atomic E-state index is 0.942. The number of aryl methyl sites for hydroxylation is 1. The Labute approximate surface area is 100 Å². The van der Waals surface area contributed by atoms with Crippen LogP contribution in [-0.4, -0.2) is 54.4 Å². The second kappa shape index (κ2) is 6.12. The maximum Gasteiger partial charge on any atom is 0.205 e. The predicted molar refractivity (Wildman–Crippen MR) is 67.1 cm³/mol.